The zero-order valence-corrected chi connectivity index (χ0v) is 7.45. The van der Waals surface area contributed by atoms with Crippen LogP contribution in [-0.4, -0.2) is 28.6 Å². The van der Waals surface area contributed by atoms with Gasteiger partial charge >= 0.3 is 0 Å². The second-order valence-corrected chi connectivity index (χ2v) is 4.46. The molecule has 0 unspecified atom stereocenters. The van der Waals surface area contributed by atoms with Gasteiger partial charge in [0.05, 0.1) is 0 Å². The van der Waals surface area contributed by atoms with Gasteiger partial charge in [-0.3, -0.25) is 4.79 Å². The molecule has 0 amide bonds. The van der Waals surface area contributed by atoms with Crippen LogP contribution < -0.4 is 0 Å². The SMILES string of the molecule is C[C@]12CC(=O)[C@H]3C[C@H](O[C@]1(O)C3)O2. The third-order valence-corrected chi connectivity index (χ3v) is 3.51. The average molecular weight is 184 g/mol. The highest BCUT2D eigenvalue weighted by atomic mass is 16.8. The van der Waals surface area contributed by atoms with Crippen LogP contribution in [0.4, 0.5) is 0 Å². The van der Waals surface area contributed by atoms with Crippen LogP contribution in [0.1, 0.15) is 26.2 Å². The van der Waals surface area contributed by atoms with E-state index in [2.05, 4.69) is 0 Å². The molecule has 13 heavy (non-hydrogen) atoms. The molecule has 4 heteroatoms. The van der Waals surface area contributed by atoms with E-state index < -0.39 is 11.4 Å². The molecular formula is C9H12O4. The standard InChI is InChI=1S/C9H12O4/c1-8-4-6(10)5-2-7(12-8)13-9(8,11)3-5/h5,7,11H,2-4H2,1H3/t5-,7-,8-,9+/m0/s1. The maximum absolute atomic E-state index is 11.5. The van der Waals surface area contributed by atoms with Gasteiger partial charge < -0.3 is 14.6 Å². The Morgan fingerprint density at radius 3 is 3.08 bits per heavy atom. The smallest absolute Gasteiger partial charge is 0.198 e. The van der Waals surface area contributed by atoms with E-state index in [0.717, 1.165) is 0 Å². The lowest BCUT2D eigenvalue weighted by atomic mass is 9.73. The summed E-state index contributed by atoms with van der Waals surface area (Å²) in [5.41, 5.74) is -0.804. The summed E-state index contributed by atoms with van der Waals surface area (Å²) in [4.78, 5) is 11.5. The van der Waals surface area contributed by atoms with Gasteiger partial charge in [-0.1, -0.05) is 0 Å². The Balaban J connectivity index is 2.10. The van der Waals surface area contributed by atoms with Gasteiger partial charge in [0.1, 0.15) is 11.4 Å². The van der Waals surface area contributed by atoms with Crippen molar-refractivity contribution >= 4 is 5.78 Å². The van der Waals surface area contributed by atoms with Crippen LogP contribution in [0.15, 0.2) is 0 Å². The van der Waals surface area contributed by atoms with Crippen LogP contribution in [0.5, 0.6) is 0 Å². The van der Waals surface area contributed by atoms with Crippen LogP contribution in [0, 0.1) is 5.92 Å². The number of hydrogen-bond donors (Lipinski definition) is 1. The first-order chi connectivity index (χ1) is 6.02. The predicted molar refractivity (Wildman–Crippen MR) is 41.7 cm³/mol. The van der Waals surface area contributed by atoms with E-state index in [1.165, 1.54) is 0 Å². The van der Waals surface area contributed by atoms with Gasteiger partial charge in [-0.15, -0.1) is 0 Å². The van der Waals surface area contributed by atoms with Crippen molar-refractivity contribution in [1.29, 1.82) is 0 Å². The first-order valence-electron chi connectivity index (χ1n) is 4.63. The van der Waals surface area contributed by atoms with Crippen molar-refractivity contribution in [1.82, 2.24) is 0 Å². The van der Waals surface area contributed by atoms with E-state index >= 15 is 0 Å². The Bertz CT molecular complexity index is 289. The first kappa shape index (κ1) is 7.91. The molecule has 3 rings (SSSR count). The van der Waals surface area contributed by atoms with Crippen molar-refractivity contribution in [2.45, 2.75) is 43.9 Å². The largest absolute Gasteiger partial charge is 0.363 e. The molecule has 1 N–H and O–H groups in total. The molecule has 0 aromatic carbocycles. The summed E-state index contributed by atoms with van der Waals surface area (Å²) >= 11 is 0. The lowest BCUT2D eigenvalue weighted by molar-refractivity contribution is -0.254. The van der Waals surface area contributed by atoms with E-state index in [1.807, 2.05) is 0 Å². The average Bonchev–Trinajstić information content (AvgIpc) is 2.09. The molecule has 0 spiro atoms. The number of hydrogen-bond acceptors (Lipinski definition) is 4. The Labute approximate surface area is 75.8 Å². The van der Waals surface area contributed by atoms with Gasteiger partial charge in [-0.25, -0.2) is 0 Å². The fourth-order valence-corrected chi connectivity index (χ4v) is 2.66. The summed E-state index contributed by atoms with van der Waals surface area (Å²) in [5.74, 6) is -1.06. The first-order valence-corrected chi connectivity index (χ1v) is 4.63. The highest BCUT2D eigenvalue weighted by Crippen LogP contribution is 2.53. The summed E-state index contributed by atoms with van der Waals surface area (Å²) in [5, 5.41) is 10.1. The Hall–Kier alpha value is -0.450. The molecule has 72 valence electrons. The molecule has 2 aliphatic heterocycles. The number of ketones is 1. The predicted octanol–water partition coefficient (Wildman–Crippen LogP) is 0.189. The minimum atomic E-state index is -1.21. The van der Waals surface area contributed by atoms with Gasteiger partial charge in [0, 0.05) is 25.2 Å². The topological polar surface area (TPSA) is 55.8 Å². The van der Waals surface area contributed by atoms with Crippen LogP contribution in [0.2, 0.25) is 0 Å². The molecule has 1 saturated carbocycles. The number of fused-ring (bicyclic) bond motifs is 2. The summed E-state index contributed by atoms with van der Waals surface area (Å²) in [6.07, 6.45) is 0.917. The minimum absolute atomic E-state index is 0.0562. The van der Waals surface area contributed by atoms with E-state index in [-0.39, 0.29) is 24.4 Å². The fourth-order valence-electron chi connectivity index (χ4n) is 2.66. The fraction of sp³-hybridized carbons (Fsp3) is 0.889. The molecular weight excluding hydrogens is 172 g/mol. The normalized spacial score (nSPS) is 58.8. The van der Waals surface area contributed by atoms with Crippen molar-refractivity contribution in [2.75, 3.05) is 0 Å². The molecule has 3 bridgehead atoms. The zero-order valence-electron chi connectivity index (χ0n) is 7.45. The number of rotatable bonds is 0. The maximum atomic E-state index is 11.5. The lowest BCUT2D eigenvalue weighted by Crippen LogP contribution is -2.57. The molecule has 4 nitrogen and oxygen atoms in total. The highest BCUT2D eigenvalue weighted by Gasteiger charge is 2.66. The van der Waals surface area contributed by atoms with Gasteiger partial charge in [-0.05, 0) is 6.92 Å². The van der Waals surface area contributed by atoms with Crippen molar-refractivity contribution in [3.05, 3.63) is 0 Å². The third kappa shape index (κ3) is 0.789. The summed E-state index contributed by atoms with van der Waals surface area (Å²) < 4.78 is 10.9. The van der Waals surface area contributed by atoms with Crippen molar-refractivity contribution in [2.24, 2.45) is 5.92 Å². The molecule has 4 atom stereocenters. The Morgan fingerprint density at radius 2 is 2.31 bits per heavy atom. The second kappa shape index (κ2) is 1.97. The number of ether oxygens (including phenoxy) is 2. The van der Waals surface area contributed by atoms with Crippen molar-refractivity contribution in [3.8, 4) is 0 Å². The summed E-state index contributed by atoms with van der Waals surface area (Å²) in [6.45, 7) is 1.76. The molecule has 1 aliphatic carbocycles. The van der Waals surface area contributed by atoms with Crippen LogP contribution in [-0.2, 0) is 14.3 Å². The summed E-state index contributed by atoms with van der Waals surface area (Å²) in [6, 6.07) is 0. The number of carbonyl (C=O) groups excluding carboxylic acids is 1. The molecule has 2 heterocycles. The highest BCUT2D eigenvalue weighted by molar-refractivity contribution is 5.84. The zero-order chi connectivity index (χ0) is 9.27. The molecule has 0 aromatic rings. The Morgan fingerprint density at radius 1 is 1.54 bits per heavy atom. The minimum Gasteiger partial charge on any atom is -0.363 e. The number of aliphatic hydroxyl groups is 1. The van der Waals surface area contributed by atoms with Gasteiger partial charge in [0.25, 0.3) is 0 Å². The van der Waals surface area contributed by atoms with Crippen molar-refractivity contribution in [3.63, 3.8) is 0 Å². The molecule has 0 radical (unpaired) electrons. The van der Waals surface area contributed by atoms with Crippen LogP contribution in [0.25, 0.3) is 0 Å². The number of carbonyl (C=O) groups is 1. The monoisotopic (exact) mass is 184 g/mol. The Kier molecular flexibility index (Phi) is 1.20. The van der Waals surface area contributed by atoms with Crippen LogP contribution >= 0.6 is 0 Å². The molecule has 3 fully saturated rings. The summed E-state index contributed by atoms with van der Waals surface area (Å²) in [7, 11) is 0. The lowest BCUT2D eigenvalue weighted by Gasteiger charge is -2.42. The quantitative estimate of drug-likeness (QED) is 0.584. The van der Waals surface area contributed by atoms with Gasteiger partial charge in [-0.2, -0.15) is 0 Å². The second-order valence-electron chi connectivity index (χ2n) is 4.46. The van der Waals surface area contributed by atoms with E-state index in [9.17, 15) is 9.90 Å². The van der Waals surface area contributed by atoms with Crippen LogP contribution in [0.3, 0.4) is 0 Å². The van der Waals surface area contributed by atoms with Gasteiger partial charge in [0.15, 0.2) is 12.1 Å². The molecule has 2 saturated heterocycles. The molecule has 0 aromatic heterocycles. The van der Waals surface area contributed by atoms with Crippen molar-refractivity contribution < 1.29 is 19.4 Å². The molecule has 3 aliphatic rings. The van der Waals surface area contributed by atoms with Gasteiger partial charge in [0.2, 0.25) is 0 Å². The third-order valence-electron chi connectivity index (χ3n) is 3.51. The maximum Gasteiger partial charge on any atom is 0.198 e. The van der Waals surface area contributed by atoms with E-state index in [4.69, 9.17) is 9.47 Å². The van der Waals surface area contributed by atoms with E-state index in [0.29, 0.717) is 12.8 Å². The van der Waals surface area contributed by atoms with E-state index in [1.54, 1.807) is 6.92 Å². The number of Topliss-reactive ketones (excluding diaryl/α,β-unsaturated/α-hetero) is 1.